The van der Waals surface area contributed by atoms with E-state index in [0.717, 1.165) is 32.0 Å². The SMILES string of the molecule is CN1CCC(COc2cc(CNc3ccc4c(OC(N)=O)nccc4c3)cc(C(F)(F)F)n2)CC1. The summed E-state index contributed by atoms with van der Waals surface area (Å²) in [4.78, 5) is 21.0. The molecule has 1 amide bonds. The topological polar surface area (TPSA) is 103 Å². The molecule has 0 saturated carbocycles. The van der Waals surface area contributed by atoms with Gasteiger partial charge in [-0.3, -0.25) is 0 Å². The van der Waals surface area contributed by atoms with Crippen molar-refractivity contribution < 1.29 is 27.4 Å². The molecule has 3 aromatic rings. The number of piperidine rings is 1. The third kappa shape index (κ3) is 6.50. The van der Waals surface area contributed by atoms with Crippen LogP contribution in [0.25, 0.3) is 10.8 Å². The number of hydrogen-bond acceptors (Lipinski definition) is 7. The van der Waals surface area contributed by atoms with Crippen LogP contribution in [0.5, 0.6) is 11.8 Å². The normalized spacial score (nSPS) is 15.2. The van der Waals surface area contributed by atoms with Crippen molar-refractivity contribution in [3.63, 3.8) is 0 Å². The predicted molar refractivity (Wildman–Crippen MR) is 124 cm³/mol. The number of nitrogens with one attached hydrogen (secondary N) is 1. The van der Waals surface area contributed by atoms with E-state index in [-0.39, 0.29) is 18.3 Å². The Morgan fingerprint density at radius 3 is 2.69 bits per heavy atom. The standard InChI is InChI=1S/C24H26F3N5O3/c1-32-8-5-15(6-9-32)14-34-21-11-16(10-20(31-21)24(25,26)27)13-30-18-2-3-19-17(12-18)4-7-29-22(19)35-23(28)33/h2-4,7,10-12,15,30H,5-6,8-9,13-14H2,1H3,(H2,28,33). The molecule has 11 heteroatoms. The Bertz CT molecular complexity index is 1200. The number of halogens is 3. The van der Waals surface area contributed by atoms with E-state index in [0.29, 0.717) is 34.5 Å². The maximum absolute atomic E-state index is 13.5. The molecule has 186 valence electrons. The van der Waals surface area contributed by atoms with E-state index in [9.17, 15) is 18.0 Å². The van der Waals surface area contributed by atoms with Gasteiger partial charge in [0.1, 0.15) is 5.69 Å². The number of carbonyl (C=O) groups is 1. The van der Waals surface area contributed by atoms with Gasteiger partial charge in [-0.2, -0.15) is 13.2 Å². The highest BCUT2D eigenvalue weighted by Crippen LogP contribution is 2.31. The van der Waals surface area contributed by atoms with Crippen molar-refractivity contribution in [1.29, 1.82) is 0 Å². The van der Waals surface area contributed by atoms with E-state index in [2.05, 4.69) is 20.2 Å². The summed E-state index contributed by atoms with van der Waals surface area (Å²) in [7, 11) is 2.05. The van der Waals surface area contributed by atoms with Gasteiger partial charge >= 0.3 is 12.3 Å². The van der Waals surface area contributed by atoms with Gasteiger partial charge in [-0.15, -0.1) is 0 Å². The van der Waals surface area contributed by atoms with Crippen LogP contribution >= 0.6 is 0 Å². The minimum absolute atomic E-state index is 0.0339. The molecule has 0 aliphatic carbocycles. The van der Waals surface area contributed by atoms with Crippen LogP contribution in [-0.2, 0) is 12.7 Å². The Hall–Kier alpha value is -3.60. The largest absolute Gasteiger partial charge is 0.477 e. The minimum Gasteiger partial charge on any atom is -0.477 e. The summed E-state index contributed by atoms with van der Waals surface area (Å²) in [6.45, 7) is 2.34. The minimum atomic E-state index is -4.59. The first kappa shape index (κ1) is 24.5. The van der Waals surface area contributed by atoms with Crippen LogP contribution < -0.4 is 20.5 Å². The number of likely N-dealkylation sites (tertiary alicyclic amines) is 1. The Balaban J connectivity index is 1.48. The molecule has 4 rings (SSSR count). The monoisotopic (exact) mass is 489 g/mol. The molecule has 1 fully saturated rings. The number of amides is 1. The van der Waals surface area contributed by atoms with Gasteiger partial charge < -0.3 is 25.4 Å². The summed E-state index contributed by atoms with van der Waals surface area (Å²) in [5.74, 6) is 0.338. The number of benzene rings is 1. The molecule has 0 atom stereocenters. The van der Waals surface area contributed by atoms with Crippen molar-refractivity contribution in [2.24, 2.45) is 11.7 Å². The number of rotatable bonds is 7. The average molecular weight is 489 g/mol. The van der Waals surface area contributed by atoms with Gasteiger partial charge in [0.05, 0.1) is 6.61 Å². The third-order valence-electron chi connectivity index (χ3n) is 5.88. The van der Waals surface area contributed by atoms with Crippen LogP contribution in [0.3, 0.4) is 0 Å². The van der Waals surface area contributed by atoms with Gasteiger partial charge in [0.15, 0.2) is 0 Å². The van der Waals surface area contributed by atoms with Crippen LogP contribution in [0.4, 0.5) is 23.7 Å². The van der Waals surface area contributed by atoms with E-state index in [1.54, 1.807) is 24.3 Å². The first-order valence-corrected chi connectivity index (χ1v) is 11.2. The smallest absolute Gasteiger partial charge is 0.433 e. The van der Waals surface area contributed by atoms with E-state index in [4.69, 9.17) is 15.2 Å². The zero-order chi connectivity index (χ0) is 25.0. The van der Waals surface area contributed by atoms with Crippen LogP contribution in [-0.4, -0.2) is 47.7 Å². The molecule has 3 N–H and O–H groups in total. The summed E-state index contributed by atoms with van der Waals surface area (Å²) in [5, 5.41) is 4.41. The number of pyridine rings is 2. The summed E-state index contributed by atoms with van der Waals surface area (Å²) in [6, 6.07) is 9.43. The van der Waals surface area contributed by atoms with Crippen molar-refractivity contribution in [3.05, 3.63) is 53.9 Å². The van der Waals surface area contributed by atoms with Crippen molar-refractivity contribution in [3.8, 4) is 11.8 Å². The second-order valence-electron chi connectivity index (χ2n) is 8.58. The highest BCUT2D eigenvalue weighted by molar-refractivity contribution is 5.90. The molecular weight excluding hydrogens is 463 g/mol. The predicted octanol–water partition coefficient (Wildman–Crippen LogP) is 4.44. The Morgan fingerprint density at radius 2 is 1.97 bits per heavy atom. The molecule has 2 aromatic heterocycles. The van der Waals surface area contributed by atoms with Crippen molar-refractivity contribution >= 4 is 22.6 Å². The Kier molecular flexibility index (Phi) is 7.25. The molecule has 35 heavy (non-hydrogen) atoms. The molecule has 1 aromatic carbocycles. The number of nitrogens with zero attached hydrogens (tertiary/aromatic N) is 3. The molecule has 1 aliphatic heterocycles. The number of ether oxygens (including phenoxy) is 2. The van der Waals surface area contributed by atoms with Crippen LogP contribution in [0.2, 0.25) is 0 Å². The lowest BCUT2D eigenvalue weighted by Gasteiger charge is -2.28. The number of hydrogen-bond donors (Lipinski definition) is 2. The summed E-state index contributed by atoms with van der Waals surface area (Å²) < 4.78 is 51.0. The van der Waals surface area contributed by atoms with E-state index in [1.807, 2.05) is 7.05 Å². The molecule has 1 aliphatic rings. The van der Waals surface area contributed by atoms with Gasteiger partial charge in [0.2, 0.25) is 11.8 Å². The van der Waals surface area contributed by atoms with Crippen molar-refractivity contribution in [2.75, 3.05) is 32.1 Å². The zero-order valence-corrected chi connectivity index (χ0v) is 19.1. The number of anilines is 1. The van der Waals surface area contributed by atoms with Gasteiger partial charge in [0.25, 0.3) is 0 Å². The lowest BCUT2D eigenvalue weighted by molar-refractivity contribution is -0.141. The molecule has 0 spiro atoms. The second-order valence-corrected chi connectivity index (χ2v) is 8.58. The number of aromatic nitrogens is 2. The number of alkyl halides is 3. The van der Waals surface area contributed by atoms with E-state index < -0.39 is 18.0 Å². The van der Waals surface area contributed by atoms with Gasteiger partial charge in [-0.05, 0) is 80.2 Å². The summed E-state index contributed by atoms with van der Waals surface area (Å²) in [5.41, 5.74) is 5.13. The highest BCUT2D eigenvalue weighted by Gasteiger charge is 2.33. The quantitative estimate of drug-likeness (QED) is 0.506. The molecule has 0 radical (unpaired) electrons. The Labute approximate surface area is 200 Å². The fraction of sp³-hybridized carbons (Fsp3) is 0.375. The molecule has 0 bridgehead atoms. The fourth-order valence-electron chi connectivity index (χ4n) is 3.95. The molecule has 1 saturated heterocycles. The Morgan fingerprint density at radius 1 is 1.20 bits per heavy atom. The van der Waals surface area contributed by atoms with Crippen LogP contribution in [0, 0.1) is 5.92 Å². The first-order valence-electron chi connectivity index (χ1n) is 11.2. The number of fused-ring (bicyclic) bond motifs is 1. The number of carbonyl (C=O) groups excluding carboxylic acids is 1. The molecule has 0 unspecified atom stereocenters. The number of primary amides is 1. The van der Waals surface area contributed by atoms with Gasteiger partial charge in [-0.25, -0.2) is 14.8 Å². The lowest BCUT2D eigenvalue weighted by atomic mass is 9.98. The number of nitrogens with two attached hydrogens (primary N) is 1. The van der Waals surface area contributed by atoms with Crippen LogP contribution in [0.1, 0.15) is 24.1 Å². The summed E-state index contributed by atoms with van der Waals surface area (Å²) >= 11 is 0. The summed E-state index contributed by atoms with van der Waals surface area (Å²) in [6.07, 6.45) is -2.22. The maximum atomic E-state index is 13.5. The van der Waals surface area contributed by atoms with Crippen molar-refractivity contribution in [2.45, 2.75) is 25.6 Å². The first-order chi connectivity index (χ1) is 16.7. The molecular formula is C24H26F3N5O3. The molecule has 8 nitrogen and oxygen atoms in total. The molecule has 3 heterocycles. The lowest BCUT2D eigenvalue weighted by Crippen LogP contribution is -2.32. The van der Waals surface area contributed by atoms with Crippen molar-refractivity contribution in [1.82, 2.24) is 14.9 Å². The zero-order valence-electron chi connectivity index (χ0n) is 19.1. The average Bonchev–Trinajstić information content (AvgIpc) is 2.81. The maximum Gasteiger partial charge on any atom is 0.433 e. The van der Waals surface area contributed by atoms with Crippen LogP contribution in [0.15, 0.2) is 42.6 Å². The fourth-order valence-corrected chi connectivity index (χ4v) is 3.95. The van der Waals surface area contributed by atoms with E-state index in [1.165, 1.54) is 12.3 Å². The van der Waals surface area contributed by atoms with Gasteiger partial charge in [0, 0.05) is 29.9 Å². The third-order valence-corrected chi connectivity index (χ3v) is 5.88. The second kappa shape index (κ2) is 10.3. The highest BCUT2D eigenvalue weighted by atomic mass is 19.4. The van der Waals surface area contributed by atoms with E-state index >= 15 is 0 Å². The van der Waals surface area contributed by atoms with Gasteiger partial charge in [-0.1, -0.05) is 0 Å².